The van der Waals surface area contributed by atoms with Crippen LogP contribution in [0, 0.1) is 6.92 Å². The fraction of sp³-hybridized carbons (Fsp3) is 0.318. The number of hydrogen-bond acceptors (Lipinski definition) is 3. The van der Waals surface area contributed by atoms with Gasteiger partial charge in [0, 0.05) is 40.8 Å². The maximum absolute atomic E-state index is 12.9. The number of carbonyl (C=O) groups is 1. The van der Waals surface area contributed by atoms with Crippen molar-refractivity contribution in [3.05, 3.63) is 54.0 Å². The van der Waals surface area contributed by atoms with E-state index in [1.54, 1.807) is 6.20 Å². The summed E-state index contributed by atoms with van der Waals surface area (Å²) in [5.74, 6) is -0.156. The number of hydrogen-bond donors (Lipinski definition) is 1. The summed E-state index contributed by atoms with van der Waals surface area (Å²) in [6.07, 6.45) is 4.94. The predicted molar refractivity (Wildman–Crippen MR) is 113 cm³/mol. The monoisotopic (exact) mass is 375 g/mol. The summed E-state index contributed by atoms with van der Waals surface area (Å²) in [7, 11) is 0. The van der Waals surface area contributed by atoms with Gasteiger partial charge >= 0.3 is 0 Å². The Morgan fingerprint density at radius 3 is 2.75 bits per heavy atom. The molecule has 0 aliphatic carbocycles. The third-order valence-corrected chi connectivity index (χ3v) is 4.99. The van der Waals surface area contributed by atoms with Crippen LogP contribution in [0.1, 0.15) is 49.3 Å². The van der Waals surface area contributed by atoms with Gasteiger partial charge < -0.3 is 9.88 Å². The number of benzene rings is 1. The SMILES string of the molecule is CCCn1ccc2cc(NC(=O)c3cc4cnn(C(C)C)c4nc3C)ccc21. The van der Waals surface area contributed by atoms with Gasteiger partial charge in [-0.15, -0.1) is 0 Å². The van der Waals surface area contributed by atoms with Gasteiger partial charge in [-0.25, -0.2) is 9.67 Å². The lowest BCUT2D eigenvalue weighted by Gasteiger charge is -2.10. The topological polar surface area (TPSA) is 64.7 Å². The number of aryl methyl sites for hydroxylation is 2. The molecule has 28 heavy (non-hydrogen) atoms. The molecule has 3 aromatic heterocycles. The first kappa shape index (κ1) is 18.2. The van der Waals surface area contributed by atoms with Gasteiger partial charge in [-0.2, -0.15) is 5.10 Å². The molecule has 0 aliphatic heterocycles. The maximum Gasteiger partial charge on any atom is 0.257 e. The van der Waals surface area contributed by atoms with Crippen LogP contribution in [0.15, 0.2) is 42.7 Å². The lowest BCUT2D eigenvalue weighted by atomic mass is 10.1. The summed E-state index contributed by atoms with van der Waals surface area (Å²) in [6.45, 7) is 9.14. The summed E-state index contributed by atoms with van der Waals surface area (Å²) < 4.78 is 4.11. The van der Waals surface area contributed by atoms with Gasteiger partial charge in [-0.05, 0) is 57.5 Å². The second-order valence-corrected chi connectivity index (χ2v) is 7.45. The number of aromatic nitrogens is 4. The molecule has 0 saturated carbocycles. The standard InChI is InChI=1S/C22H25N5O/c1-5-9-26-10-8-16-11-18(6-7-20(16)26)25-22(28)19-12-17-13-23-27(14(2)3)21(17)24-15(19)4/h6-8,10-14H,5,9H2,1-4H3,(H,25,28). The van der Waals surface area contributed by atoms with Crippen LogP contribution in [0.5, 0.6) is 0 Å². The zero-order chi connectivity index (χ0) is 19.8. The van der Waals surface area contributed by atoms with Crippen LogP contribution in [0.4, 0.5) is 5.69 Å². The van der Waals surface area contributed by atoms with Crippen molar-refractivity contribution in [3.8, 4) is 0 Å². The van der Waals surface area contributed by atoms with E-state index in [1.165, 1.54) is 5.52 Å². The quantitative estimate of drug-likeness (QED) is 0.537. The second kappa shape index (κ2) is 7.11. The lowest BCUT2D eigenvalue weighted by Crippen LogP contribution is -2.14. The van der Waals surface area contributed by atoms with Crippen molar-refractivity contribution in [2.75, 3.05) is 5.32 Å². The first-order valence-corrected chi connectivity index (χ1v) is 9.73. The zero-order valence-corrected chi connectivity index (χ0v) is 16.7. The second-order valence-electron chi connectivity index (χ2n) is 7.45. The minimum atomic E-state index is -0.156. The van der Waals surface area contributed by atoms with E-state index in [2.05, 4.69) is 59.1 Å². The van der Waals surface area contributed by atoms with Gasteiger partial charge in [0.05, 0.1) is 17.5 Å². The van der Waals surface area contributed by atoms with E-state index in [0.29, 0.717) is 11.3 Å². The third-order valence-electron chi connectivity index (χ3n) is 4.99. The highest BCUT2D eigenvalue weighted by Gasteiger charge is 2.16. The van der Waals surface area contributed by atoms with Crippen molar-refractivity contribution in [2.24, 2.45) is 0 Å². The highest BCUT2D eigenvalue weighted by Crippen LogP contribution is 2.23. The molecule has 3 heterocycles. The molecule has 4 rings (SSSR count). The summed E-state index contributed by atoms with van der Waals surface area (Å²) in [6, 6.07) is 10.2. The number of anilines is 1. The molecule has 1 aromatic carbocycles. The van der Waals surface area contributed by atoms with E-state index < -0.39 is 0 Å². The van der Waals surface area contributed by atoms with Crippen molar-refractivity contribution in [1.82, 2.24) is 19.3 Å². The van der Waals surface area contributed by atoms with Crippen LogP contribution in [-0.4, -0.2) is 25.2 Å². The molecule has 0 fully saturated rings. The van der Waals surface area contributed by atoms with Crippen molar-refractivity contribution in [3.63, 3.8) is 0 Å². The number of carbonyl (C=O) groups excluding carboxylic acids is 1. The highest BCUT2D eigenvalue weighted by atomic mass is 16.1. The molecule has 0 atom stereocenters. The summed E-state index contributed by atoms with van der Waals surface area (Å²) in [5, 5.41) is 9.40. The number of fused-ring (bicyclic) bond motifs is 2. The zero-order valence-electron chi connectivity index (χ0n) is 16.7. The van der Waals surface area contributed by atoms with Crippen LogP contribution in [-0.2, 0) is 6.54 Å². The van der Waals surface area contributed by atoms with Crippen LogP contribution in [0.3, 0.4) is 0 Å². The molecule has 144 valence electrons. The van der Waals surface area contributed by atoms with Gasteiger partial charge in [-0.1, -0.05) is 6.92 Å². The van der Waals surface area contributed by atoms with Gasteiger partial charge in [0.15, 0.2) is 5.65 Å². The number of rotatable bonds is 5. The van der Waals surface area contributed by atoms with Crippen LogP contribution < -0.4 is 5.32 Å². The minimum Gasteiger partial charge on any atom is -0.347 e. The maximum atomic E-state index is 12.9. The number of amides is 1. The van der Waals surface area contributed by atoms with E-state index in [4.69, 9.17) is 0 Å². The molecule has 0 bridgehead atoms. The van der Waals surface area contributed by atoms with Crippen LogP contribution in [0.25, 0.3) is 21.9 Å². The average molecular weight is 375 g/mol. The molecule has 1 N–H and O–H groups in total. The van der Waals surface area contributed by atoms with Gasteiger partial charge in [0.2, 0.25) is 0 Å². The number of pyridine rings is 1. The summed E-state index contributed by atoms with van der Waals surface area (Å²) in [4.78, 5) is 17.5. The Morgan fingerprint density at radius 2 is 2.00 bits per heavy atom. The van der Waals surface area contributed by atoms with Gasteiger partial charge in [0.1, 0.15) is 0 Å². The van der Waals surface area contributed by atoms with Crippen LogP contribution in [0.2, 0.25) is 0 Å². The van der Waals surface area contributed by atoms with Crippen molar-refractivity contribution >= 4 is 33.5 Å². The van der Waals surface area contributed by atoms with E-state index in [-0.39, 0.29) is 11.9 Å². The molecule has 4 aromatic rings. The molecular formula is C22H25N5O. The number of nitrogens with zero attached hydrogens (tertiary/aromatic N) is 4. The number of nitrogens with one attached hydrogen (secondary N) is 1. The van der Waals surface area contributed by atoms with Gasteiger partial charge in [0.25, 0.3) is 5.91 Å². The average Bonchev–Trinajstić information content (AvgIpc) is 3.25. The Morgan fingerprint density at radius 1 is 1.18 bits per heavy atom. The lowest BCUT2D eigenvalue weighted by molar-refractivity contribution is 0.102. The Labute approximate surface area is 164 Å². The Kier molecular flexibility index (Phi) is 4.63. The van der Waals surface area contributed by atoms with E-state index >= 15 is 0 Å². The highest BCUT2D eigenvalue weighted by molar-refractivity contribution is 6.07. The molecule has 1 amide bonds. The van der Waals surface area contributed by atoms with E-state index in [9.17, 15) is 4.79 Å². The first-order chi connectivity index (χ1) is 13.5. The molecule has 6 nitrogen and oxygen atoms in total. The molecular weight excluding hydrogens is 350 g/mol. The summed E-state index contributed by atoms with van der Waals surface area (Å²) in [5.41, 5.74) is 4.04. The van der Waals surface area contributed by atoms with Crippen molar-refractivity contribution < 1.29 is 4.79 Å². The predicted octanol–water partition coefficient (Wildman–Crippen LogP) is 4.94. The largest absolute Gasteiger partial charge is 0.347 e. The molecule has 6 heteroatoms. The normalized spacial score (nSPS) is 11.6. The molecule has 0 spiro atoms. The minimum absolute atomic E-state index is 0.156. The molecule has 0 aliphatic rings. The smallest absolute Gasteiger partial charge is 0.257 e. The Hall–Kier alpha value is -3.15. The fourth-order valence-electron chi connectivity index (χ4n) is 3.59. The molecule has 0 saturated heterocycles. The first-order valence-electron chi connectivity index (χ1n) is 9.73. The van der Waals surface area contributed by atoms with Crippen molar-refractivity contribution in [2.45, 2.75) is 46.7 Å². The van der Waals surface area contributed by atoms with Gasteiger partial charge in [-0.3, -0.25) is 4.79 Å². The van der Waals surface area contributed by atoms with E-state index in [0.717, 1.165) is 35.1 Å². The Bertz CT molecular complexity index is 1170. The van der Waals surface area contributed by atoms with E-state index in [1.807, 2.05) is 29.8 Å². The molecule has 0 radical (unpaired) electrons. The fourth-order valence-corrected chi connectivity index (χ4v) is 3.59. The van der Waals surface area contributed by atoms with Crippen molar-refractivity contribution in [1.29, 1.82) is 0 Å². The Balaban J connectivity index is 1.63. The molecule has 0 unspecified atom stereocenters. The summed E-state index contributed by atoms with van der Waals surface area (Å²) >= 11 is 0. The van der Waals surface area contributed by atoms with Crippen LogP contribution >= 0.6 is 0 Å². The third kappa shape index (κ3) is 3.15.